The van der Waals surface area contributed by atoms with Gasteiger partial charge in [-0.05, 0) is 44.4 Å². The van der Waals surface area contributed by atoms with Gasteiger partial charge in [0.2, 0.25) is 0 Å². The van der Waals surface area contributed by atoms with E-state index in [1.165, 1.54) is 12.8 Å². The third-order valence-corrected chi connectivity index (χ3v) is 3.91. The van der Waals surface area contributed by atoms with Crippen molar-refractivity contribution in [2.45, 2.75) is 32.7 Å². The standard InChI is InChI=1S/C15H20N4/c1-11-7-6-10-16-14(11)15-18-17-12(2)19(15)13-8-4-3-5-9-13/h3-5,8-9,11,14,16H,6-7,10H2,1-2H3. The van der Waals surface area contributed by atoms with Gasteiger partial charge in [-0.3, -0.25) is 4.57 Å². The maximum Gasteiger partial charge on any atom is 0.155 e. The third-order valence-electron chi connectivity index (χ3n) is 3.91. The molecule has 2 heterocycles. The highest BCUT2D eigenvalue weighted by molar-refractivity contribution is 5.34. The molecule has 4 heteroatoms. The minimum atomic E-state index is 0.301. The molecule has 0 amide bonds. The van der Waals surface area contributed by atoms with Gasteiger partial charge in [-0.15, -0.1) is 10.2 Å². The SMILES string of the molecule is Cc1nnc(C2NCCCC2C)n1-c1ccccc1. The Morgan fingerprint density at radius 2 is 2.00 bits per heavy atom. The van der Waals surface area contributed by atoms with Gasteiger partial charge in [0, 0.05) is 5.69 Å². The number of hydrogen-bond donors (Lipinski definition) is 1. The minimum absolute atomic E-state index is 0.301. The topological polar surface area (TPSA) is 42.7 Å². The summed E-state index contributed by atoms with van der Waals surface area (Å²) in [5, 5.41) is 12.3. The summed E-state index contributed by atoms with van der Waals surface area (Å²) in [6, 6.07) is 10.6. The van der Waals surface area contributed by atoms with Crippen LogP contribution in [0.1, 0.15) is 37.5 Å². The average molecular weight is 256 g/mol. The van der Waals surface area contributed by atoms with Gasteiger partial charge in [0.25, 0.3) is 0 Å². The van der Waals surface area contributed by atoms with E-state index in [-0.39, 0.29) is 0 Å². The Kier molecular flexibility index (Phi) is 3.34. The molecule has 0 saturated carbocycles. The van der Waals surface area contributed by atoms with Crippen LogP contribution in [0.3, 0.4) is 0 Å². The lowest BCUT2D eigenvalue weighted by Crippen LogP contribution is -2.34. The highest BCUT2D eigenvalue weighted by Gasteiger charge is 2.27. The number of aromatic nitrogens is 3. The second kappa shape index (κ2) is 5.13. The van der Waals surface area contributed by atoms with E-state index in [2.05, 4.69) is 51.3 Å². The van der Waals surface area contributed by atoms with Crippen LogP contribution >= 0.6 is 0 Å². The second-order valence-electron chi connectivity index (χ2n) is 5.33. The van der Waals surface area contributed by atoms with Gasteiger partial charge in [-0.1, -0.05) is 25.1 Å². The summed E-state index contributed by atoms with van der Waals surface area (Å²) in [5.74, 6) is 2.58. The summed E-state index contributed by atoms with van der Waals surface area (Å²) >= 11 is 0. The van der Waals surface area contributed by atoms with Crippen LogP contribution in [0.15, 0.2) is 30.3 Å². The van der Waals surface area contributed by atoms with Crippen molar-refractivity contribution in [2.75, 3.05) is 6.54 Å². The van der Waals surface area contributed by atoms with Gasteiger partial charge >= 0.3 is 0 Å². The molecule has 0 aliphatic carbocycles. The lowest BCUT2D eigenvalue weighted by molar-refractivity contribution is 0.292. The first-order valence-corrected chi connectivity index (χ1v) is 6.98. The molecule has 0 radical (unpaired) electrons. The molecule has 2 unspecified atom stereocenters. The Balaban J connectivity index is 2.03. The van der Waals surface area contributed by atoms with Crippen molar-refractivity contribution in [1.29, 1.82) is 0 Å². The third kappa shape index (κ3) is 2.28. The van der Waals surface area contributed by atoms with E-state index in [1.54, 1.807) is 0 Å². The van der Waals surface area contributed by atoms with Crippen LogP contribution < -0.4 is 5.32 Å². The Labute approximate surface area is 113 Å². The summed E-state index contributed by atoms with van der Waals surface area (Å²) in [4.78, 5) is 0. The van der Waals surface area contributed by atoms with E-state index in [0.29, 0.717) is 12.0 Å². The van der Waals surface area contributed by atoms with Gasteiger partial charge in [0.1, 0.15) is 5.82 Å². The highest BCUT2D eigenvalue weighted by atomic mass is 15.3. The zero-order chi connectivity index (χ0) is 13.2. The first-order valence-electron chi connectivity index (χ1n) is 6.98. The average Bonchev–Trinajstić information content (AvgIpc) is 2.82. The summed E-state index contributed by atoms with van der Waals surface area (Å²) in [5.41, 5.74) is 1.14. The van der Waals surface area contributed by atoms with Crippen LogP contribution in [-0.2, 0) is 0 Å². The number of rotatable bonds is 2. The van der Waals surface area contributed by atoms with Gasteiger partial charge in [-0.25, -0.2) is 0 Å². The fourth-order valence-corrected chi connectivity index (χ4v) is 2.87. The summed E-state index contributed by atoms with van der Waals surface area (Å²) in [7, 11) is 0. The predicted octanol–water partition coefficient (Wildman–Crippen LogP) is 2.64. The molecule has 19 heavy (non-hydrogen) atoms. The van der Waals surface area contributed by atoms with Gasteiger partial charge in [0.05, 0.1) is 6.04 Å². The molecule has 1 aliphatic rings. The van der Waals surface area contributed by atoms with Gasteiger partial charge in [-0.2, -0.15) is 0 Å². The lowest BCUT2D eigenvalue weighted by atomic mass is 9.92. The molecule has 0 bridgehead atoms. The van der Waals surface area contributed by atoms with E-state index in [0.717, 1.165) is 23.9 Å². The van der Waals surface area contributed by atoms with Crippen molar-refractivity contribution in [3.63, 3.8) is 0 Å². The van der Waals surface area contributed by atoms with Crippen LogP contribution in [0.2, 0.25) is 0 Å². The molecule has 3 rings (SSSR count). The molecular weight excluding hydrogens is 236 g/mol. The number of nitrogens with zero attached hydrogens (tertiary/aromatic N) is 3. The van der Waals surface area contributed by atoms with Crippen LogP contribution in [0.25, 0.3) is 5.69 Å². The van der Waals surface area contributed by atoms with Crippen molar-refractivity contribution in [3.8, 4) is 5.69 Å². The molecule has 2 aromatic rings. The molecule has 4 nitrogen and oxygen atoms in total. The van der Waals surface area contributed by atoms with Crippen molar-refractivity contribution < 1.29 is 0 Å². The molecule has 1 aliphatic heterocycles. The largest absolute Gasteiger partial charge is 0.307 e. The van der Waals surface area contributed by atoms with Gasteiger partial charge < -0.3 is 5.32 Å². The molecule has 1 N–H and O–H groups in total. The predicted molar refractivity (Wildman–Crippen MR) is 75.2 cm³/mol. The molecule has 100 valence electrons. The maximum absolute atomic E-state index is 4.42. The van der Waals surface area contributed by atoms with E-state index < -0.39 is 0 Å². The fraction of sp³-hybridized carbons (Fsp3) is 0.467. The Bertz CT molecular complexity index is 547. The van der Waals surface area contributed by atoms with Crippen molar-refractivity contribution >= 4 is 0 Å². The van der Waals surface area contributed by atoms with Crippen molar-refractivity contribution in [3.05, 3.63) is 42.0 Å². The zero-order valence-electron chi connectivity index (χ0n) is 11.5. The van der Waals surface area contributed by atoms with Crippen LogP contribution in [-0.4, -0.2) is 21.3 Å². The zero-order valence-corrected chi connectivity index (χ0v) is 11.5. The molecule has 1 fully saturated rings. The molecule has 1 aromatic carbocycles. The monoisotopic (exact) mass is 256 g/mol. The number of para-hydroxylation sites is 1. The summed E-state index contributed by atoms with van der Waals surface area (Å²) in [6.07, 6.45) is 2.49. The molecule has 2 atom stereocenters. The molecular formula is C15H20N4. The first kappa shape index (κ1) is 12.4. The smallest absolute Gasteiger partial charge is 0.155 e. The number of aryl methyl sites for hydroxylation is 1. The van der Waals surface area contributed by atoms with Gasteiger partial charge in [0.15, 0.2) is 5.82 Å². The number of piperidine rings is 1. The Morgan fingerprint density at radius 1 is 1.21 bits per heavy atom. The molecule has 0 spiro atoms. The van der Waals surface area contributed by atoms with E-state index in [9.17, 15) is 0 Å². The van der Waals surface area contributed by atoms with Crippen molar-refractivity contribution in [2.24, 2.45) is 5.92 Å². The number of benzene rings is 1. The highest BCUT2D eigenvalue weighted by Crippen LogP contribution is 2.29. The number of nitrogens with one attached hydrogen (secondary N) is 1. The molecule has 1 saturated heterocycles. The number of hydrogen-bond acceptors (Lipinski definition) is 3. The van der Waals surface area contributed by atoms with Crippen LogP contribution in [0, 0.1) is 12.8 Å². The first-order chi connectivity index (χ1) is 9.27. The van der Waals surface area contributed by atoms with Crippen LogP contribution in [0.5, 0.6) is 0 Å². The Hall–Kier alpha value is -1.68. The summed E-state index contributed by atoms with van der Waals surface area (Å²) in [6.45, 7) is 5.36. The van der Waals surface area contributed by atoms with E-state index in [1.807, 2.05) is 13.0 Å². The minimum Gasteiger partial charge on any atom is -0.307 e. The fourth-order valence-electron chi connectivity index (χ4n) is 2.87. The molecule has 1 aromatic heterocycles. The van der Waals surface area contributed by atoms with Crippen molar-refractivity contribution in [1.82, 2.24) is 20.1 Å². The van der Waals surface area contributed by atoms with E-state index >= 15 is 0 Å². The normalized spacial score (nSPS) is 23.5. The Morgan fingerprint density at radius 3 is 2.74 bits per heavy atom. The lowest BCUT2D eigenvalue weighted by Gasteiger charge is -2.29. The quantitative estimate of drug-likeness (QED) is 0.898. The second-order valence-corrected chi connectivity index (χ2v) is 5.33. The van der Waals surface area contributed by atoms with E-state index in [4.69, 9.17) is 0 Å². The maximum atomic E-state index is 4.42. The summed E-state index contributed by atoms with van der Waals surface area (Å²) < 4.78 is 2.17. The van der Waals surface area contributed by atoms with Crippen LogP contribution in [0.4, 0.5) is 0 Å².